The van der Waals surface area contributed by atoms with Crippen LogP contribution in [0.3, 0.4) is 0 Å². The summed E-state index contributed by atoms with van der Waals surface area (Å²) in [5.74, 6) is 1.07. The standard InChI is InChI=1S/C12H8BrFO/c13-9-2-1-3-12(8-9)15-11-6-4-10(14)5-7-11/h1-8H. The summed E-state index contributed by atoms with van der Waals surface area (Å²) in [6, 6.07) is 13.4. The zero-order valence-electron chi connectivity index (χ0n) is 7.78. The second-order valence-electron chi connectivity index (χ2n) is 3.01. The van der Waals surface area contributed by atoms with Crippen molar-refractivity contribution in [2.45, 2.75) is 0 Å². The molecular formula is C12H8BrFO. The van der Waals surface area contributed by atoms with Gasteiger partial charge >= 0.3 is 0 Å². The molecule has 0 fully saturated rings. The Morgan fingerprint density at radius 1 is 0.933 bits per heavy atom. The molecule has 0 atom stereocenters. The van der Waals surface area contributed by atoms with Crippen molar-refractivity contribution in [1.29, 1.82) is 0 Å². The Labute approximate surface area is 95.6 Å². The van der Waals surface area contributed by atoms with Gasteiger partial charge in [-0.05, 0) is 42.5 Å². The summed E-state index contributed by atoms with van der Waals surface area (Å²) in [4.78, 5) is 0. The lowest BCUT2D eigenvalue weighted by Gasteiger charge is -2.05. The molecule has 0 N–H and O–H groups in total. The Morgan fingerprint density at radius 3 is 2.33 bits per heavy atom. The maximum Gasteiger partial charge on any atom is 0.128 e. The molecular weight excluding hydrogens is 259 g/mol. The predicted octanol–water partition coefficient (Wildman–Crippen LogP) is 4.38. The van der Waals surface area contributed by atoms with Gasteiger partial charge in [-0.15, -0.1) is 0 Å². The Hall–Kier alpha value is -1.35. The van der Waals surface area contributed by atoms with Crippen molar-refractivity contribution in [3.05, 3.63) is 58.8 Å². The maximum absolute atomic E-state index is 12.6. The number of ether oxygens (including phenoxy) is 1. The molecule has 0 aliphatic heterocycles. The van der Waals surface area contributed by atoms with E-state index in [-0.39, 0.29) is 5.82 Å². The highest BCUT2D eigenvalue weighted by atomic mass is 79.9. The van der Waals surface area contributed by atoms with Crippen molar-refractivity contribution < 1.29 is 9.13 Å². The average Bonchev–Trinajstić information content (AvgIpc) is 2.22. The lowest BCUT2D eigenvalue weighted by atomic mass is 10.3. The Bertz CT molecular complexity index is 453. The molecule has 0 unspecified atom stereocenters. The van der Waals surface area contributed by atoms with Crippen LogP contribution in [0.25, 0.3) is 0 Å². The van der Waals surface area contributed by atoms with Gasteiger partial charge in [0, 0.05) is 4.47 Å². The van der Waals surface area contributed by atoms with Crippen molar-refractivity contribution in [3.8, 4) is 11.5 Å². The molecule has 0 saturated carbocycles. The van der Waals surface area contributed by atoms with Crippen molar-refractivity contribution >= 4 is 15.9 Å². The minimum atomic E-state index is -0.267. The first-order valence-corrected chi connectivity index (χ1v) is 5.22. The normalized spacial score (nSPS) is 10.0. The van der Waals surface area contributed by atoms with Crippen LogP contribution in [-0.4, -0.2) is 0 Å². The molecule has 0 heterocycles. The summed E-state index contributed by atoms with van der Waals surface area (Å²) >= 11 is 3.35. The molecule has 15 heavy (non-hydrogen) atoms. The van der Waals surface area contributed by atoms with Crippen LogP contribution in [0.1, 0.15) is 0 Å². The Morgan fingerprint density at radius 2 is 1.67 bits per heavy atom. The molecule has 0 bridgehead atoms. The van der Waals surface area contributed by atoms with Crippen LogP contribution in [-0.2, 0) is 0 Å². The van der Waals surface area contributed by atoms with Crippen LogP contribution in [0.2, 0.25) is 0 Å². The van der Waals surface area contributed by atoms with Crippen LogP contribution < -0.4 is 4.74 Å². The molecule has 0 amide bonds. The second-order valence-corrected chi connectivity index (χ2v) is 3.93. The van der Waals surface area contributed by atoms with Crippen molar-refractivity contribution in [2.24, 2.45) is 0 Å². The van der Waals surface area contributed by atoms with Crippen molar-refractivity contribution in [2.75, 3.05) is 0 Å². The first kappa shape index (κ1) is 10.2. The van der Waals surface area contributed by atoms with E-state index in [1.807, 2.05) is 24.3 Å². The SMILES string of the molecule is Fc1ccc(Oc2cccc(Br)c2)cc1. The molecule has 2 rings (SSSR count). The highest BCUT2D eigenvalue weighted by Crippen LogP contribution is 2.24. The first-order chi connectivity index (χ1) is 7.24. The lowest BCUT2D eigenvalue weighted by molar-refractivity contribution is 0.480. The molecule has 0 aliphatic carbocycles. The van der Waals surface area contributed by atoms with Crippen LogP contribution in [0, 0.1) is 5.82 Å². The topological polar surface area (TPSA) is 9.23 Å². The van der Waals surface area contributed by atoms with Crippen LogP contribution >= 0.6 is 15.9 Å². The zero-order valence-corrected chi connectivity index (χ0v) is 9.37. The maximum atomic E-state index is 12.6. The number of rotatable bonds is 2. The summed E-state index contributed by atoms with van der Waals surface area (Å²) < 4.78 is 19.1. The highest BCUT2D eigenvalue weighted by Gasteiger charge is 1.97. The summed E-state index contributed by atoms with van der Waals surface area (Å²) in [5, 5.41) is 0. The molecule has 0 aromatic heterocycles. The van der Waals surface area contributed by atoms with E-state index in [0.29, 0.717) is 5.75 Å². The van der Waals surface area contributed by atoms with Gasteiger partial charge in [-0.2, -0.15) is 0 Å². The van der Waals surface area contributed by atoms with E-state index in [4.69, 9.17) is 4.74 Å². The number of benzene rings is 2. The summed E-state index contributed by atoms with van der Waals surface area (Å²) in [7, 11) is 0. The van der Waals surface area contributed by atoms with Gasteiger partial charge in [-0.1, -0.05) is 22.0 Å². The van der Waals surface area contributed by atoms with Gasteiger partial charge in [0.15, 0.2) is 0 Å². The fraction of sp³-hybridized carbons (Fsp3) is 0. The van der Waals surface area contributed by atoms with E-state index in [2.05, 4.69) is 15.9 Å². The number of halogens is 2. The summed E-state index contributed by atoms with van der Waals surface area (Å²) in [6.07, 6.45) is 0. The van der Waals surface area contributed by atoms with Gasteiger partial charge in [-0.25, -0.2) is 4.39 Å². The van der Waals surface area contributed by atoms with Crippen LogP contribution in [0.5, 0.6) is 11.5 Å². The second kappa shape index (κ2) is 4.45. The molecule has 0 saturated heterocycles. The third kappa shape index (κ3) is 2.80. The largest absolute Gasteiger partial charge is 0.457 e. The minimum absolute atomic E-state index is 0.267. The third-order valence-electron chi connectivity index (χ3n) is 1.85. The Balaban J connectivity index is 2.18. The zero-order chi connectivity index (χ0) is 10.7. The molecule has 1 nitrogen and oxygen atoms in total. The number of hydrogen-bond acceptors (Lipinski definition) is 1. The van der Waals surface area contributed by atoms with Gasteiger partial charge < -0.3 is 4.74 Å². The predicted molar refractivity (Wildman–Crippen MR) is 60.6 cm³/mol. The van der Waals surface area contributed by atoms with E-state index in [9.17, 15) is 4.39 Å². The monoisotopic (exact) mass is 266 g/mol. The highest BCUT2D eigenvalue weighted by molar-refractivity contribution is 9.10. The summed E-state index contributed by atoms with van der Waals surface area (Å²) in [5.41, 5.74) is 0. The van der Waals surface area contributed by atoms with Gasteiger partial charge in [-0.3, -0.25) is 0 Å². The van der Waals surface area contributed by atoms with E-state index in [0.717, 1.165) is 10.2 Å². The van der Waals surface area contributed by atoms with E-state index in [1.54, 1.807) is 12.1 Å². The van der Waals surface area contributed by atoms with Crippen molar-refractivity contribution in [3.63, 3.8) is 0 Å². The van der Waals surface area contributed by atoms with E-state index >= 15 is 0 Å². The molecule has 76 valence electrons. The van der Waals surface area contributed by atoms with Crippen LogP contribution in [0.4, 0.5) is 4.39 Å². The molecule has 0 spiro atoms. The minimum Gasteiger partial charge on any atom is -0.457 e. The third-order valence-corrected chi connectivity index (χ3v) is 2.34. The fourth-order valence-electron chi connectivity index (χ4n) is 1.17. The lowest BCUT2D eigenvalue weighted by Crippen LogP contribution is -1.83. The Kier molecular flexibility index (Phi) is 3.02. The molecule has 0 radical (unpaired) electrons. The van der Waals surface area contributed by atoms with Gasteiger partial charge in [0.25, 0.3) is 0 Å². The average molecular weight is 267 g/mol. The quantitative estimate of drug-likeness (QED) is 0.784. The fourth-order valence-corrected chi connectivity index (χ4v) is 1.55. The van der Waals surface area contributed by atoms with E-state index < -0.39 is 0 Å². The molecule has 0 aliphatic rings. The van der Waals surface area contributed by atoms with E-state index in [1.165, 1.54) is 12.1 Å². The van der Waals surface area contributed by atoms with Gasteiger partial charge in [0.1, 0.15) is 17.3 Å². The van der Waals surface area contributed by atoms with Gasteiger partial charge in [0.05, 0.1) is 0 Å². The molecule has 3 heteroatoms. The van der Waals surface area contributed by atoms with Gasteiger partial charge in [0.2, 0.25) is 0 Å². The molecule has 2 aromatic rings. The molecule has 2 aromatic carbocycles. The number of hydrogen-bond donors (Lipinski definition) is 0. The summed E-state index contributed by atoms with van der Waals surface area (Å²) in [6.45, 7) is 0. The van der Waals surface area contributed by atoms with Crippen LogP contribution in [0.15, 0.2) is 53.0 Å². The smallest absolute Gasteiger partial charge is 0.128 e. The first-order valence-electron chi connectivity index (χ1n) is 4.43. The van der Waals surface area contributed by atoms with Crippen molar-refractivity contribution in [1.82, 2.24) is 0 Å².